The van der Waals surface area contributed by atoms with Crippen molar-refractivity contribution in [1.29, 1.82) is 0 Å². The first-order valence-corrected chi connectivity index (χ1v) is 6.89. The summed E-state index contributed by atoms with van der Waals surface area (Å²) in [4.78, 5) is 23.8. The van der Waals surface area contributed by atoms with Crippen LogP contribution in [0.1, 0.15) is 10.4 Å². The van der Waals surface area contributed by atoms with Crippen molar-refractivity contribution in [2.75, 3.05) is 30.9 Å². The molecule has 0 unspecified atom stereocenters. The second kappa shape index (κ2) is 6.98. The Morgan fingerprint density at radius 2 is 2.16 bits per heavy atom. The van der Waals surface area contributed by atoms with Gasteiger partial charge < -0.3 is 15.3 Å². The molecule has 0 aliphatic carbocycles. The Bertz CT molecular complexity index is 482. The summed E-state index contributed by atoms with van der Waals surface area (Å²) in [5.74, 6) is -1.42. The summed E-state index contributed by atoms with van der Waals surface area (Å²) < 4.78 is 13.4. The fourth-order valence-electron chi connectivity index (χ4n) is 1.31. The largest absolute Gasteiger partial charge is 0.478 e. The number of hydrogen-bond acceptors (Lipinski definition) is 3. The molecular formula is C12H15FN2O3S. The minimum atomic E-state index is -1.34. The van der Waals surface area contributed by atoms with E-state index in [9.17, 15) is 14.0 Å². The predicted octanol–water partition coefficient (Wildman–Crippen LogP) is 2.35. The Morgan fingerprint density at radius 3 is 2.68 bits per heavy atom. The molecule has 0 aliphatic heterocycles. The molecule has 0 bridgehead atoms. The van der Waals surface area contributed by atoms with Gasteiger partial charge in [-0.25, -0.2) is 14.0 Å². The van der Waals surface area contributed by atoms with Crippen LogP contribution in [0.5, 0.6) is 0 Å². The molecule has 1 rings (SSSR count). The highest BCUT2D eigenvalue weighted by Crippen LogP contribution is 2.15. The van der Waals surface area contributed by atoms with Crippen LogP contribution in [-0.2, 0) is 0 Å². The maximum atomic E-state index is 13.4. The van der Waals surface area contributed by atoms with Crippen LogP contribution in [0.25, 0.3) is 0 Å². The smallest absolute Gasteiger partial charge is 0.338 e. The minimum absolute atomic E-state index is 0.225. The fourth-order valence-corrected chi connectivity index (χ4v) is 1.77. The Labute approximate surface area is 114 Å². The van der Waals surface area contributed by atoms with Crippen molar-refractivity contribution in [1.82, 2.24) is 4.90 Å². The summed E-state index contributed by atoms with van der Waals surface area (Å²) in [5, 5.41) is 11.2. The maximum absolute atomic E-state index is 13.4. The van der Waals surface area contributed by atoms with Crippen LogP contribution in [0, 0.1) is 5.82 Å². The van der Waals surface area contributed by atoms with Gasteiger partial charge >= 0.3 is 12.0 Å². The monoisotopic (exact) mass is 286 g/mol. The Hall–Kier alpha value is -1.76. The number of amides is 2. The fraction of sp³-hybridized carbons (Fsp3) is 0.333. The molecule has 5 nitrogen and oxygen atoms in total. The number of benzene rings is 1. The zero-order valence-corrected chi connectivity index (χ0v) is 11.5. The van der Waals surface area contributed by atoms with Crippen molar-refractivity contribution in [3.63, 3.8) is 0 Å². The number of urea groups is 1. The summed E-state index contributed by atoms with van der Waals surface area (Å²) in [6, 6.07) is 3.10. The van der Waals surface area contributed by atoms with Crippen molar-refractivity contribution < 1.29 is 19.1 Å². The Balaban J connectivity index is 2.70. The van der Waals surface area contributed by atoms with Crippen LogP contribution >= 0.6 is 11.8 Å². The predicted molar refractivity (Wildman–Crippen MR) is 73.4 cm³/mol. The van der Waals surface area contributed by atoms with Crippen molar-refractivity contribution in [3.05, 3.63) is 29.6 Å². The molecule has 19 heavy (non-hydrogen) atoms. The summed E-state index contributed by atoms with van der Waals surface area (Å²) in [7, 11) is 1.63. The van der Waals surface area contributed by atoms with E-state index in [0.717, 1.165) is 17.9 Å². The van der Waals surface area contributed by atoms with E-state index >= 15 is 0 Å². The highest BCUT2D eigenvalue weighted by molar-refractivity contribution is 7.98. The zero-order valence-electron chi connectivity index (χ0n) is 10.6. The number of halogens is 1. The molecule has 2 amide bonds. The first-order valence-electron chi connectivity index (χ1n) is 5.49. The van der Waals surface area contributed by atoms with Gasteiger partial charge in [0.1, 0.15) is 5.82 Å². The summed E-state index contributed by atoms with van der Waals surface area (Å²) in [6.07, 6.45) is 1.94. The summed E-state index contributed by atoms with van der Waals surface area (Å²) in [5.41, 5.74) is -0.197. The number of rotatable bonds is 5. The lowest BCUT2D eigenvalue weighted by molar-refractivity contribution is 0.0692. The molecule has 0 spiro atoms. The molecule has 0 aromatic heterocycles. The van der Waals surface area contributed by atoms with Crippen LogP contribution < -0.4 is 5.32 Å². The van der Waals surface area contributed by atoms with E-state index in [4.69, 9.17) is 5.11 Å². The number of nitrogens with zero attached hydrogens (tertiary/aromatic N) is 1. The third kappa shape index (κ3) is 4.44. The highest BCUT2D eigenvalue weighted by Gasteiger charge is 2.13. The van der Waals surface area contributed by atoms with Gasteiger partial charge in [-0.2, -0.15) is 11.8 Å². The summed E-state index contributed by atoms with van der Waals surface area (Å²) in [6.45, 7) is 0.572. The van der Waals surface area contributed by atoms with Crippen LogP contribution in [0.3, 0.4) is 0 Å². The third-order valence-electron chi connectivity index (χ3n) is 2.43. The second-order valence-electron chi connectivity index (χ2n) is 3.84. The number of thioether (sulfide) groups is 1. The molecule has 1 aromatic rings. The van der Waals surface area contributed by atoms with Gasteiger partial charge in [0.2, 0.25) is 0 Å². The van der Waals surface area contributed by atoms with Crippen LogP contribution in [0.2, 0.25) is 0 Å². The quantitative estimate of drug-likeness (QED) is 0.871. The number of nitrogens with one attached hydrogen (secondary N) is 1. The average molecular weight is 286 g/mol. The number of carboxylic acid groups (broad SMARTS) is 1. The standard InChI is InChI=1S/C12H15FN2O3S/c1-15(5-6-19-2)12(18)14-8-3-4-9(11(16)17)10(13)7-8/h3-4,7H,5-6H2,1-2H3,(H,14,18)(H,16,17). The van der Waals surface area contributed by atoms with Gasteiger partial charge in [-0.15, -0.1) is 0 Å². The maximum Gasteiger partial charge on any atom is 0.338 e. The van der Waals surface area contributed by atoms with Crippen LogP contribution in [0.15, 0.2) is 18.2 Å². The lowest BCUT2D eigenvalue weighted by Crippen LogP contribution is -2.33. The van der Waals surface area contributed by atoms with E-state index < -0.39 is 17.3 Å². The lowest BCUT2D eigenvalue weighted by Gasteiger charge is -2.17. The van der Waals surface area contributed by atoms with Crippen LogP contribution in [-0.4, -0.2) is 47.6 Å². The average Bonchev–Trinajstić information content (AvgIpc) is 2.35. The number of carbonyl (C=O) groups excluding carboxylic acids is 1. The molecule has 2 N–H and O–H groups in total. The van der Waals surface area contributed by atoms with Gasteiger partial charge in [-0.05, 0) is 24.5 Å². The van der Waals surface area contributed by atoms with Gasteiger partial charge in [0.15, 0.2) is 0 Å². The van der Waals surface area contributed by atoms with Crippen molar-refractivity contribution in [2.45, 2.75) is 0 Å². The third-order valence-corrected chi connectivity index (χ3v) is 3.02. The zero-order chi connectivity index (χ0) is 14.4. The van der Waals surface area contributed by atoms with E-state index in [1.165, 1.54) is 11.0 Å². The molecule has 0 saturated carbocycles. The number of anilines is 1. The van der Waals surface area contributed by atoms with Gasteiger partial charge in [-0.3, -0.25) is 0 Å². The minimum Gasteiger partial charge on any atom is -0.478 e. The van der Waals surface area contributed by atoms with E-state index in [0.29, 0.717) is 6.54 Å². The Kier molecular flexibility index (Phi) is 5.62. The first kappa shape index (κ1) is 15.3. The van der Waals surface area contributed by atoms with E-state index in [1.54, 1.807) is 18.8 Å². The van der Waals surface area contributed by atoms with E-state index in [2.05, 4.69) is 5.32 Å². The topological polar surface area (TPSA) is 69.6 Å². The SMILES string of the molecule is CSCCN(C)C(=O)Nc1ccc(C(=O)O)c(F)c1. The molecule has 7 heteroatoms. The number of hydrogen-bond donors (Lipinski definition) is 2. The molecule has 0 heterocycles. The normalized spacial score (nSPS) is 10.1. The summed E-state index contributed by atoms with van der Waals surface area (Å²) >= 11 is 1.61. The van der Waals surface area contributed by atoms with Gasteiger partial charge in [0.05, 0.1) is 5.56 Å². The van der Waals surface area contributed by atoms with Crippen LogP contribution in [0.4, 0.5) is 14.9 Å². The van der Waals surface area contributed by atoms with E-state index in [1.807, 2.05) is 6.26 Å². The molecule has 104 valence electrons. The molecular weight excluding hydrogens is 271 g/mol. The van der Waals surface area contributed by atoms with Crippen molar-refractivity contribution >= 4 is 29.4 Å². The number of carbonyl (C=O) groups is 2. The van der Waals surface area contributed by atoms with Gasteiger partial charge in [-0.1, -0.05) is 0 Å². The molecule has 0 fully saturated rings. The highest BCUT2D eigenvalue weighted by atomic mass is 32.2. The van der Waals surface area contributed by atoms with Gasteiger partial charge in [0, 0.05) is 25.0 Å². The first-order chi connectivity index (χ1) is 8.95. The van der Waals surface area contributed by atoms with E-state index in [-0.39, 0.29) is 11.7 Å². The van der Waals surface area contributed by atoms with Crippen molar-refractivity contribution in [3.8, 4) is 0 Å². The molecule has 0 atom stereocenters. The number of carboxylic acids is 1. The van der Waals surface area contributed by atoms with Gasteiger partial charge in [0.25, 0.3) is 0 Å². The lowest BCUT2D eigenvalue weighted by atomic mass is 10.2. The Morgan fingerprint density at radius 1 is 1.47 bits per heavy atom. The van der Waals surface area contributed by atoms with Crippen molar-refractivity contribution in [2.24, 2.45) is 0 Å². The number of aromatic carboxylic acids is 1. The second-order valence-corrected chi connectivity index (χ2v) is 4.83. The molecule has 1 aromatic carbocycles. The molecule has 0 saturated heterocycles. The molecule has 0 radical (unpaired) electrons. The molecule has 0 aliphatic rings.